The van der Waals surface area contributed by atoms with Crippen LogP contribution < -0.4 is 15.4 Å². The van der Waals surface area contributed by atoms with E-state index in [1.54, 1.807) is 7.11 Å². The third-order valence-corrected chi connectivity index (χ3v) is 3.84. The van der Waals surface area contributed by atoms with Gasteiger partial charge in [0.25, 0.3) is 0 Å². The second-order valence-corrected chi connectivity index (χ2v) is 5.62. The second kappa shape index (κ2) is 9.79. The zero-order valence-electron chi connectivity index (χ0n) is 14.6. The van der Waals surface area contributed by atoms with E-state index >= 15 is 0 Å². The van der Waals surface area contributed by atoms with E-state index in [1.165, 1.54) is 0 Å². The summed E-state index contributed by atoms with van der Waals surface area (Å²) in [6.07, 6.45) is 0.674. The summed E-state index contributed by atoms with van der Waals surface area (Å²) >= 11 is 0. The molecule has 0 saturated carbocycles. The average Bonchev–Trinajstić information content (AvgIpc) is 2.67. The van der Waals surface area contributed by atoms with Gasteiger partial charge in [0.05, 0.1) is 12.6 Å². The molecule has 0 bridgehead atoms. The highest BCUT2D eigenvalue weighted by molar-refractivity contribution is 5.90. The lowest BCUT2D eigenvalue weighted by atomic mass is 10.2. The number of hydrogen-bond donors (Lipinski definition) is 3. The highest BCUT2D eigenvalue weighted by Gasteiger charge is 2.07. The van der Waals surface area contributed by atoms with Gasteiger partial charge in [0, 0.05) is 25.1 Å². The Balaban J connectivity index is 0.00000243. The highest BCUT2D eigenvalue weighted by atomic mass is 35.5. The molecule has 3 rings (SSSR count). The smallest absolute Gasteiger partial charge is 0.225 e. The van der Waals surface area contributed by atoms with E-state index < -0.39 is 0 Å². The molecular formula is C19H23ClN4O2. The van der Waals surface area contributed by atoms with E-state index in [4.69, 9.17) is 9.84 Å². The Morgan fingerprint density at radius 3 is 2.50 bits per heavy atom. The molecule has 0 aliphatic carbocycles. The van der Waals surface area contributed by atoms with E-state index in [9.17, 15) is 0 Å². The number of aromatic nitrogens is 2. The molecule has 1 heterocycles. The van der Waals surface area contributed by atoms with Crippen molar-refractivity contribution in [2.45, 2.75) is 13.0 Å². The minimum atomic E-state index is 0. The van der Waals surface area contributed by atoms with Crippen LogP contribution in [0.5, 0.6) is 5.75 Å². The van der Waals surface area contributed by atoms with Gasteiger partial charge in [-0.25, -0.2) is 4.98 Å². The van der Waals surface area contributed by atoms with Crippen LogP contribution in [0, 0.1) is 0 Å². The minimum absolute atomic E-state index is 0. The van der Waals surface area contributed by atoms with Crippen molar-refractivity contribution in [2.75, 3.05) is 30.9 Å². The molecule has 138 valence electrons. The third-order valence-electron chi connectivity index (χ3n) is 3.84. The van der Waals surface area contributed by atoms with Gasteiger partial charge >= 0.3 is 0 Å². The zero-order valence-corrected chi connectivity index (χ0v) is 15.4. The fourth-order valence-corrected chi connectivity index (χ4v) is 2.50. The first-order valence-electron chi connectivity index (χ1n) is 8.28. The molecule has 0 radical (unpaired) electrons. The lowest BCUT2D eigenvalue weighted by Gasteiger charge is -2.12. The van der Waals surface area contributed by atoms with Gasteiger partial charge in [-0.3, -0.25) is 0 Å². The van der Waals surface area contributed by atoms with Crippen molar-refractivity contribution in [1.29, 1.82) is 0 Å². The van der Waals surface area contributed by atoms with Crippen LogP contribution in [-0.4, -0.2) is 35.3 Å². The van der Waals surface area contributed by atoms with Gasteiger partial charge in [-0.2, -0.15) is 4.98 Å². The number of nitrogens with one attached hydrogen (secondary N) is 2. The van der Waals surface area contributed by atoms with Crippen molar-refractivity contribution in [3.05, 3.63) is 54.1 Å². The average molecular weight is 375 g/mol. The minimum Gasteiger partial charge on any atom is -0.497 e. The van der Waals surface area contributed by atoms with E-state index in [-0.39, 0.29) is 19.0 Å². The molecule has 0 fully saturated rings. The summed E-state index contributed by atoms with van der Waals surface area (Å²) in [7, 11) is 1.65. The molecule has 0 amide bonds. The fraction of sp³-hybridized carbons (Fsp3) is 0.263. The molecule has 0 spiro atoms. The quantitative estimate of drug-likeness (QED) is 0.524. The number of methoxy groups -OCH3 is 1. The fourth-order valence-electron chi connectivity index (χ4n) is 2.50. The largest absolute Gasteiger partial charge is 0.497 e. The van der Waals surface area contributed by atoms with Gasteiger partial charge in [0.1, 0.15) is 11.6 Å². The third kappa shape index (κ3) is 4.97. The molecule has 2 aromatic carbocycles. The molecule has 0 unspecified atom stereocenters. The van der Waals surface area contributed by atoms with Crippen LogP contribution in [0.1, 0.15) is 12.0 Å². The van der Waals surface area contributed by atoms with Crippen molar-refractivity contribution >= 4 is 35.1 Å². The summed E-state index contributed by atoms with van der Waals surface area (Å²) in [4.78, 5) is 9.16. The Bertz CT molecular complexity index is 827. The van der Waals surface area contributed by atoms with Crippen LogP contribution in [0.4, 0.5) is 11.8 Å². The number of rotatable bonds is 8. The number of benzene rings is 2. The Labute approximate surface area is 159 Å². The van der Waals surface area contributed by atoms with Gasteiger partial charge in [0.15, 0.2) is 0 Å². The number of ether oxygens (including phenoxy) is 1. The Hall–Kier alpha value is -2.57. The Morgan fingerprint density at radius 2 is 1.77 bits per heavy atom. The lowest BCUT2D eigenvalue weighted by Crippen LogP contribution is -2.09. The summed E-state index contributed by atoms with van der Waals surface area (Å²) in [6, 6.07) is 15.8. The van der Waals surface area contributed by atoms with Crippen LogP contribution in [0.15, 0.2) is 48.5 Å². The molecular weight excluding hydrogens is 352 g/mol. The number of hydrogen-bond acceptors (Lipinski definition) is 6. The molecule has 3 N–H and O–H groups in total. The first-order valence-corrected chi connectivity index (χ1v) is 8.28. The predicted octanol–water partition coefficient (Wildman–Crippen LogP) is 3.47. The van der Waals surface area contributed by atoms with Crippen LogP contribution in [-0.2, 0) is 6.54 Å². The van der Waals surface area contributed by atoms with Crippen molar-refractivity contribution in [3.63, 3.8) is 0 Å². The lowest BCUT2D eigenvalue weighted by molar-refractivity contribution is 0.292. The number of nitrogens with zero attached hydrogens (tertiary/aromatic N) is 2. The van der Waals surface area contributed by atoms with Gasteiger partial charge in [-0.1, -0.05) is 24.3 Å². The SMILES string of the molecule is COc1ccc(CNc2nc(NCCCO)c3ccccc3n2)cc1.Cl. The molecule has 7 heteroatoms. The predicted molar refractivity (Wildman–Crippen MR) is 107 cm³/mol. The van der Waals surface area contributed by atoms with Crippen LogP contribution in [0.25, 0.3) is 10.9 Å². The number of anilines is 2. The number of para-hydroxylation sites is 1. The van der Waals surface area contributed by atoms with Gasteiger partial charge in [0.2, 0.25) is 5.95 Å². The molecule has 26 heavy (non-hydrogen) atoms. The normalized spacial score (nSPS) is 10.2. The second-order valence-electron chi connectivity index (χ2n) is 5.62. The number of aliphatic hydroxyl groups excluding tert-OH is 1. The Kier molecular flexibility index (Phi) is 7.44. The summed E-state index contributed by atoms with van der Waals surface area (Å²) in [6.45, 7) is 1.44. The summed E-state index contributed by atoms with van der Waals surface area (Å²) in [5, 5.41) is 16.5. The molecule has 0 aliphatic rings. The molecule has 0 aliphatic heterocycles. The molecule has 3 aromatic rings. The molecule has 1 aromatic heterocycles. The maximum Gasteiger partial charge on any atom is 0.225 e. The maximum atomic E-state index is 8.97. The summed E-state index contributed by atoms with van der Waals surface area (Å²) in [5.41, 5.74) is 1.99. The van der Waals surface area contributed by atoms with Crippen molar-refractivity contribution in [3.8, 4) is 5.75 Å². The number of halogens is 1. The molecule has 0 saturated heterocycles. The van der Waals surface area contributed by atoms with Gasteiger partial charge < -0.3 is 20.5 Å². The first kappa shape index (κ1) is 19.8. The zero-order chi connectivity index (χ0) is 17.5. The van der Waals surface area contributed by atoms with Crippen molar-refractivity contribution in [1.82, 2.24) is 9.97 Å². The molecule has 0 atom stereocenters. The van der Waals surface area contributed by atoms with Crippen LogP contribution >= 0.6 is 12.4 Å². The monoisotopic (exact) mass is 374 g/mol. The van der Waals surface area contributed by atoms with Gasteiger partial charge in [-0.15, -0.1) is 12.4 Å². The summed E-state index contributed by atoms with van der Waals surface area (Å²) in [5.74, 6) is 2.18. The number of fused-ring (bicyclic) bond motifs is 1. The summed E-state index contributed by atoms with van der Waals surface area (Å²) < 4.78 is 5.17. The molecule has 6 nitrogen and oxygen atoms in total. The van der Waals surface area contributed by atoms with Crippen LogP contribution in [0.3, 0.4) is 0 Å². The number of aliphatic hydroxyl groups is 1. The Morgan fingerprint density at radius 1 is 1.00 bits per heavy atom. The van der Waals surface area contributed by atoms with E-state index in [1.807, 2.05) is 48.5 Å². The van der Waals surface area contributed by atoms with E-state index in [0.717, 1.165) is 28.0 Å². The maximum absolute atomic E-state index is 8.97. The highest BCUT2D eigenvalue weighted by Crippen LogP contribution is 2.22. The van der Waals surface area contributed by atoms with E-state index in [2.05, 4.69) is 20.6 Å². The van der Waals surface area contributed by atoms with Crippen molar-refractivity contribution < 1.29 is 9.84 Å². The van der Waals surface area contributed by atoms with Crippen molar-refractivity contribution in [2.24, 2.45) is 0 Å². The van der Waals surface area contributed by atoms with Crippen LogP contribution in [0.2, 0.25) is 0 Å². The van der Waals surface area contributed by atoms with E-state index in [0.29, 0.717) is 25.5 Å². The van der Waals surface area contributed by atoms with Gasteiger partial charge in [-0.05, 0) is 36.2 Å². The topological polar surface area (TPSA) is 79.3 Å². The standard InChI is InChI=1S/C19H22N4O2.ClH/c1-25-15-9-7-14(8-10-15)13-21-19-22-17-6-3-2-5-16(17)18(23-19)20-11-4-12-24;/h2-3,5-10,24H,4,11-13H2,1H3,(H2,20,21,22,23);1H. The first-order chi connectivity index (χ1) is 12.3.